The standard InChI is InChI=1S/C12H17N3O3/c1-8-6-9(18-2)14-11(13-8)15-12(4-3-5-12)7-10(16)17/h6H,3-5,7H2,1-2H3,(H,16,17)(H,13,14,15). The summed E-state index contributed by atoms with van der Waals surface area (Å²) in [6, 6.07) is 1.73. The van der Waals surface area contributed by atoms with Crippen LogP contribution in [0.2, 0.25) is 0 Å². The minimum absolute atomic E-state index is 0.0899. The van der Waals surface area contributed by atoms with Crippen molar-refractivity contribution < 1.29 is 14.6 Å². The summed E-state index contributed by atoms with van der Waals surface area (Å²) >= 11 is 0. The molecule has 6 heteroatoms. The van der Waals surface area contributed by atoms with E-state index in [4.69, 9.17) is 9.84 Å². The molecule has 0 unspecified atom stereocenters. The second-order valence-corrected chi connectivity index (χ2v) is 4.70. The molecule has 1 fully saturated rings. The number of carbonyl (C=O) groups is 1. The van der Waals surface area contributed by atoms with Gasteiger partial charge < -0.3 is 15.2 Å². The third-order valence-electron chi connectivity index (χ3n) is 3.22. The molecule has 2 rings (SSSR count). The average Bonchev–Trinajstić information content (AvgIpc) is 2.24. The van der Waals surface area contributed by atoms with Crippen molar-refractivity contribution >= 4 is 11.9 Å². The molecule has 0 amide bonds. The first-order valence-electron chi connectivity index (χ1n) is 5.93. The van der Waals surface area contributed by atoms with Gasteiger partial charge in [-0.2, -0.15) is 4.98 Å². The Kier molecular flexibility index (Phi) is 3.36. The van der Waals surface area contributed by atoms with Crippen LogP contribution in [0.4, 0.5) is 5.95 Å². The molecule has 0 radical (unpaired) electrons. The number of hydrogen-bond donors (Lipinski definition) is 2. The van der Waals surface area contributed by atoms with Gasteiger partial charge in [-0.15, -0.1) is 0 Å². The highest BCUT2D eigenvalue weighted by Crippen LogP contribution is 2.37. The minimum Gasteiger partial charge on any atom is -0.481 e. The fraction of sp³-hybridized carbons (Fsp3) is 0.583. The van der Waals surface area contributed by atoms with Crippen LogP contribution in [0.15, 0.2) is 6.07 Å². The summed E-state index contributed by atoms with van der Waals surface area (Å²) in [5, 5.41) is 12.1. The van der Waals surface area contributed by atoms with E-state index in [-0.39, 0.29) is 6.42 Å². The average molecular weight is 251 g/mol. The van der Waals surface area contributed by atoms with Gasteiger partial charge in [0.2, 0.25) is 11.8 Å². The highest BCUT2D eigenvalue weighted by molar-refractivity contribution is 5.69. The first kappa shape index (κ1) is 12.6. The number of aliphatic carboxylic acids is 1. The highest BCUT2D eigenvalue weighted by Gasteiger charge is 2.39. The van der Waals surface area contributed by atoms with Crippen LogP contribution in [-0.4, -0.2) is 33.7 Å². The maximum Gasteiger partial charge on any atom is 0.305 e. The predicted octanol–water partition coefficient (Wildman–Crippen LogP) is 1.60. The Balaban J connectivity index is 2.16. The smallest absolute Gasteiger partial charge is 0.305 e. The number of carboxylic acids is 1. The Labute approximate surface area is 105 Å². The molecule has 2 N–H and O–H groups in total. The van der Waals surface area contributed by atoms with Crippen LogP contribution < -0.4 is 10.1 Å². The van der Waals surface area contributed by atoms with Crippen molar-refractivity contribution in [2.45, 2.75) is 38.1 Å². The second kappa shape index (κ2) is 4.80. The molecule has 1 aromatic heterocycles. The van der Waals surface area contributed by atoms with Crippen LogP contribution in [0, 0.1) is 6.92 Å². The van der Waals surface area contributed by atoms with Crippen LogP contribution in [0.1, 0.15) is 31.4 Å². The first-order chi connectivity index (χ1) is 8.53. The Morgan fingerprint density at radius 3 is 2.78 bits per heavy atom. The van der Waals surface area contributed by atoms with Crippen molar-refractivity contribution in [2.24, 2.45) is 0 Å². The summed E-state index contributed by atoms with van der Waals surface area (Å²) in [4.78, 5) is 19.3. The van der Waals surface area contributed by atoms with Crippen molar-refractivity contribution in [1.82, 2.24) is 9.97 Å². The number of carboxylic acid groups (broad SMARTS) is 1. The van der Waals surface area contributed by atoms with E-state index in [2.05, 4.69) is 15.3 Å². The quantitative estimate of drug-likeness (QED) is 0.827. The van der Waals surface area contributed by atoms with Gasteiger partial charge in [0, 0.05) is 11.8 Å². The molecule has 0 atom stereocenters. The van der Waals surface area contributed by atoms with Gasteiger partial charge in [-0.05, 0) is 26.2 Å². The maximum atomic E-state index is 10.9. The molecule has 0 aromatic carbocycles. The number of nitrogens with zero attached hydrogens (tertiary/aromatic N) is 2. The molecular formula is C12H17N3O3. The monoisotopic (exact) mass is 251 g/mol. The number of ether oxygens (including phenoxy) is 1. The summed E-state index contributed by atoms with van der Waals surface area (Å²) in [5.74, 6) is 0.115. The van der Waals surface area contributed by atoms with Crippen LogP contribution in [0.5, 0.6) is 5.88 Å². The van der Waals surface area contributed by atoms with Crippen LogP contribution in [0.25, 0.3) is 0 Å². The molecule has 1 aliphatic carbocycles. The van der Waals surface area contributed by atoms with E-state index in [9.17, 15) is 4.79 Å². The van der Waals surface area contributed by atoms with Gasteiger partial charge in [0.05, 0.1) is 19.1 Å². The normalized spacial score (nSPS) is 16.8. The van der Waals surface area contributed by atoms with Crippen molar-refractivity contribution in [1.29, 1.82) is 0 Å². The summed E-state index contributed by atoms with van der Waals surface area (Å²) in [6.45, 7) is 1.85. The van der Waals surface area contributed by atoms with Gasteiger partial charge in [0.15, 0.2) is 0 Å². The number of nitrogens with one attached hydrogen (secondary N) is 1. The molecule has 6 nitrogen and oxygen atoms in total. The van der Waals surface area contributed by atoms with Gasteiger partial charge in [-0.25, -0.2) is 4.98 Å². The number of methoxy groups -OCH3 is 1. The zero-order chi connectivity index (χ0) is 13.2. The van der Waals surface area contributed by atoms with Gasteiger partial charge in [-0.3, -0.25) is 4.79 Å². The van der Waals surface area contributed by atoms with Crippen molar-refractivity contribution in [3.05, 3.63) is 11.8 Å². The van der Waals surface area contributed by atoms with Crippen molar-refractivity contribution in [2.75, 3.05) is 12.4 Å². The van der Waals surface area contributed by atoms with E-state index in [1.807, 2.05) is 6.92 Å². The van der Waals surface area contributed by atoms with Crippen LogP contribution in [0.3, 0.4) is 0 Å². The lowest BCUT2D eigenvalue weighted by atomic mass is 9.74. The topological polar surface area (TPSA) is 84.3 Å². The fourth-order valence-electron chi connectivity index (χ4n) is 2.18. The van der Waals surface area contributed by atoms with E-state index in [1.165, 1.54) is 0 Å². The molecule has 18 heavy (non-hydrogen) atoms. The molecule has 0 aliphatic heterocycles. The second-order valence-electron chi connectivity index (χ2n) is 4.70. The van der Waals surface area contributed by atoms with E-state index in [1.54, 1.807) is 13.2 Å². The molecule has 1 aliphatic rings. The molecule has 1 saturated carbocycles. The van der Waals surface area contributed by atoms with Gasteiger partial charge in [0.1, 0.15) is 0 Å². The highest BCUT2D eigenvalue weighted by atomic mass is 16.5. The Morgan fingerprint density at radius 2 is 2.28 bits per heavy atom. The SMILES string of the molecule is COc1cc(C)nc(NC2(CC(=O)O)CCC2)n1. The molecule has 1 heterocycles. The third-order valence-corrected chi connectivity index (χ3v) is 3.22. The van der Waals surface area contributed by atoms with E-state index >= 15 is 0 Å². The van der Waals surface area contributed by atoms with Crippen LogP contribution >= 0.6 is 0 Å². The molecule has 0 bridgehead atoms. The Hall–Kier alpha value is -1.85. The summed E-state index contributed by atoms with van der Waals surface area (Å²) in [7, 11) is 1.54. The van der Waals surface area contributed by atoms with Gasteiger partial charge in [0.25, 0.3) is 0 Å². The number of aromatic nitrogens is 2. The molecule has 0 spiro atoms. The van der Waals surface area contributed by atoms with Crippen LogP contribution in [-0.2, 0) is 4.79 Å². The van der Waals surface area contributed by atoms with E-state index < -0.39 is 11.5 Å². The molecule has 98 valence electrons. The third kappa shape index (κ3) is 2.69. The van der Waals surface area contributed by atoms with Crippen molar-refractivity contribution in [3.63, 3.8) is 0 Å². The molecular weight excluding hydrogens is 234 g/mol. The van der Waals surface area contributed by atoms with Gasteiger partial charge in [-0.1, -0.05) is 0 Å². The number of hydrogen-bond acceptors (Lipinski definition) is 5. The number of aryl methyl sites for hydroxylation is 1. The Bertz CT molecular complexity index is 458. The fourth-order valence-corrected chi connectivity index (χ4v) is 2.18. The summed E-state index contributed by atoms with van der Waals surface area (Å²) in [5.41, 5.74) is 0.388. The molecule has 0 saturated heterocycles. The maximum absolute atomic E-state index is 10.9. The lowest BCUT2D eigenvalue weighted by molar-refractivity contribution is -0.138. The van der Waals surface area contributed by atoms with Gasteiger partial charge >= 0.3 is 5.97 Å². The number of anilines is 1. The zero-order valence-corrected chi connectivity index (χ0v) is 10.6. The van der Waals surface area contributed by atoms with Crippen molar-refractivity contribution in [3.8, 4) is 5.88 Å². The summed E-state index contributed by atoms with van der Waals surface area (Å²) in [6.07, 6.45) is 2.79. The largest absolute Gasteiger partial charge is 0.481 e. The molecule has 1 aromatic rings. The lowest BCUT2D eigenvalue weighted by Crippen LogP contribution is -2.47. The zero-order valence-electron chi connectivity index (χ0n) is 10.6. The lowest BCUT2D eigenvalue weighted by Gasteiger charge is -2.41. The Morgan fingerprint density at radius 1 is 1.56 bits per heavy atom. The first-order valence-corrected chi connectivity index (χ1v) is 5.93. The predicted molar refractivity (Wildman–Crippen MR) is 65.8 cm³/mol. The number of rotatable bonds is 5. The van der Waals surface area contributed by atoms with E-state index in [0.29, 0.717) is 11.8 Å². The minimum atomic E-state index is -0.804. The van der Waals surface area contributed by atoms with E-state index in [0.717, 1.165) is 25.0 Å². The summed E-state index contributed by atoms with van der Waals surface area (Å²) < 4.78 is 5.08.